The SMILES string of the molecule is Brc1cnc(Br)c2c1CCCCCC2. The van der Waals surface area contributed by atoms with Crippen LogP contribution in [0.4, 0.5) is 0 Å². The lowest BCUT2D eigenvalue weighted by Crippen LogP contribution is -2.03. The fourth-order valence-electron chi connectivity index (χ4n) is 2.02. The largest absolute Gasteiger partial charge is 0.248 e. The molecule has 0 radical (unpaired) electrons. The molecule has 0 aromatic carbocycles. The minimum Gasteiger partial charge on any atom is -0.248 e. The number of halogens is 2. The van der Waals surface area contributed by atoms with Crippen molar-refractivity contribution in [3.8, 4) is 0 Å². The van der Waals surface area contributed by atoms with Crippen molar-refractivity contribution >= 4 is 31.9 Å². The first kappa shape index (κ1) is 10.6. The summed E-state index contributed by atoms with van der Waals surface area (Å²) < 4.78 is 2.22. The van der Waals surface area contributed by atoms with Gasteiger partial charge in [-0.25, -0.2) is 4.98 Å². The Bertz CT molecular complexity index is 303. The average molecular weight is 319 g/mol. The smallest absolute Gasteiger partial charge is 0.109 e. The molecule has 76 valence electrons. The molecule has 0 aliphatic heterocycles. The van der Waals surface area contributed by atoms with E-state index in [-0.39, 0.29) is 0 Å². The molecule has 0 saturated heterocycles. The fraction of sp³-hybridized carbons (Fsp3) is 0.545. The molecule has 1 nitrogen and oxygen atoms in total. The van der Waals surface area contributed by atoms with Gasteiger partial charge in [0.05, 0.1) is 0 Å². The Labute approximate surface area is 102 Å². The molecule has 1 aromatic rings. The van der Waals surface area contributed by atoms with Crippen molar-refractivity contribution in [3.63, 3.8) is 0 Å². The lowest BCUT2D eigenvalue weighted by molar-refractivity contribution is 0.612. The van der Waals surface area contributed by atoms with E-state index >= 15 is 0 Å². The van der Waals surface area contributed by atoms with E-state index in [0.717, 1.165) is 4.60 Å². The van der Waals surface area contributed by atoms with Crippen molar-refractivity contribution in [2.24, 2.45) is 0 Å². The number of hydrogen-bond donors (Lipinski definition) is 0. The molecule has 1 aliphatic carbocycles. The van der Waals surface area contributed by atoms with Gasteiger partial charge in [0.2, 0.25) is 0 Å². The topological polar surface area (TPSA) is 12.9 Å². The third-order valence-electron chi connectivity index (χ3n) is 2.80. The van der Waals surface area contributed by atoms with Crippen LogP contribution < -0.4 is 0 Å². The number of rotatable bonds is 0. The Hall–Kier alpha value is 0.110. The van der Waals surface area contributed by atoms with Gasteiger partial charge in [-0.2, -0.15) is 0 Å². The molecule has 1 aliphatic rings. The first-order chi connectivity index (χ1) is 6.79. The monoisotopic (exact) mass is 317 g/mol. The maximum Gasteiger partial charge on any atom is 0.109 e. The summed E-state index contributed by atoms with van der Waals surface area (Å²) in [5, 5.41) is 0. The lowest BCUT2D eigenvalue weighted by Gasteiger charge is -2.15. The molecule has 1 aromatic heterocycles. The van der Waals surface area contributed by atoms with Crippen LogP contribution in [0.25, 0.3) is 0 Å². The molecule has 0 N–H and O–H groups in total. The van der Waals surface area contributed by atoms with Crippen LogP contribution >= 0.6 is 31.9 Å². The van der Waals surface area contributed by atoms with E-state index < -0.39 is 0 Å². The van der Waals surface area contributed by atoms with E-state index in [4.69, 9.17) is 0 Å². The summed E-state index contributed by atoms with van der Waals surface area (Å²) in [5.74, 6) is 0. The van der Waals surface area contributed by atoms with E-state index in [9.17, 15) is 0 Å². The van der Waals surface area contributed by atoms with Crippen LogP contribution in [0.5, 0.6) is 0 Å². The van der Waals surface area contributed by atoms with Crippen molar-refractivity contribution in [3.05, 3.63) is 26.4 Å². The molecule has 0 atom stereocenters. The molecule has 1 heterocycles. The van der Waals surface area contributed by atoms with Crippen LogP contribution in [-0.4, -0.2) is 4.98 Å². The minimum atomic E-state index is 1.04. The molecular formula is C11H13Br2N. The summed E-state index contributed by atoms with van der Waals surface area (Å²) in [6.45, 7) is 0. The zero-order chi connectivity index (χ0) is 9.97. The Kier molecular flexibility index (Phi) is 3.61. The summed E-state index contributed by atoms with van der Waals surface area (Å²) >= 11 is 7.14. The molecule has 0 spiro atoms. The molecule has 2 rings (SSSR count). The first-order valence-corrected chi connectivity index (χ1v) is 6.69. The number of aromatic nitrogens is 1. The lowest BCUT2D eigenvalue weighted by atomic mass is 9.95. The standard InChI is InChI=1S/C11H13Br2N/c12-10-7-14-11(13)9-6-4-2-1-3-5-8(9)10/h7H,1-6H2. The highest BCUT2D eigenvalue weighted by atomic mass is 79.9. The van der Waals surface area contributed by atoms with Gasteiger partial charge in [-0.3, -0.25) is 0 Å². The zero-order valence-corrected chi connectivity index (χ0v) is 11.2. The molecule has 0 saturated carbocycles. The highest BCUT2D eigenvalue weighted by molar-refractivity contribution is 9.11. The summed E-state index contributed by atoms with van der Waals surface area (Å²) in [6.07, 6.45) is 9.60. The predicted octanol–water partition coefficient (Wildman–Crippen LogP) is 4.27. The quantitative estimate of drug-likeness (QED) is 0.651. The number of nitrogens with zero attached hydrogens (tertiary/aromatic N) is 1. The number of hydrogen-bond acceptors (Lipinski definition) is 1. The summed E-state index contributed by atoms with van der Waals surface area (Å²) in [5.41, 5.74) is 2.88. The maximum atomic E-state index is 4.33. The first-order valence-electron chi connectivity index (χ1n) is 5.11. The van der Waals surface area contributed by atoms with Gasteiger partial charge in [-0.05, 0) is 68.7 Å². The molecule has 0 unspecified atom stereocenters. The van der Waals surface area contributed by atoms with Gasteiger partial charge < -0.3 is 0 Å². The Morgan fingerprint density at radius 3 is 2.29 bits per heavy atom. The molecule has 0 bridgehead atoms. The van der Waals surface area contributed by atoms with E-state index in [0.29, 0.717) is 0 Å². The number of pyridine rings is 1. The van der Waals surface area contributed by atoms with Crippen LogP contribution in [0.1, 0.15) is 36.8 Å². The van der Waals surface area contributed by atoms with Crippen LogP contribution in [0, 0.1) is 0 Å². The van der Waals surface area contributed by atoms with Gasteiger partial charge in [-0.15, -0.1) is 0 Å². The Morgan fingerprint density at radius 1 is 0.929 bits per heavy atom. The second-order valence-corrected chi connectivity index (χ2v) is 5.37. The number of fused-ring (bicyclic) bond motifs is 1. The third-order valence-corrected chi connectivity index (χ3v) is 4.16. The summed E-state index contributed by atoms with van der Waals surface area (Å²) in [7, 11) is 0. The van der Waals surface area contributed by atoms with Gasteiger partial charge in [-0.1, -0.05) is 12.8 Å². The van der Waals surface area contributed by atoms with Gasteiger partial charge in [0, 0.05) is 10.7 Å². The van der Waals surface area contributed by atoms with Crippen LogP contribution in [-0.2, 0) is 12.8 Å². The van der Waals surface area contributed by atoms with Crippen molar-refractivity contribution < 1.29 is 0 Å². The summed E-state index contributed by atoms with van der Waals surface area (Å²) in [6, 6.07) is 0. The molecule has 14 heavy (non-hydrogen) atoms. The second kappa shape index (κ2) is 4.75. The fourth-order valence-corrected chi connectivity index (χ4v) is 3.10. The van der Waals surface area contributed by atoms with Gasteiger partial charge in [0.15, 0.2) is 0 Å². The van der Waals surface area contributed by atoms with E-state index in [2.05, 4.69) is 36.8 Å². The maximum absolute atomic E-state index is 4.33. The zero-order valence-electron chi connectivity index (χ0n) is 8.02. The van der Waals surface area contributed by atoms with Crippen molar-refractivity contribution in [2.45, 2.75) is 38.5 Å². The van der Waals surface area contributed by atoms with Gasteiger partial charge in [0.1, 0.15) is 4.60 Å². The third kappa shape index (κ3) is 2.19. The normalized spacial score (nSPS) is 17.0. The van der Waals surface area contributed by atoms with Crippen molar-refractivity contribution in [2.75, 3.05) is 0 Å². The Morgan fingerprint density at radius 2 is 1.57 bits per heavy atom. The van der Waals surface area contributed by atoms with Crippen LogP contribution in [0.2, 0.25) is 0 Å². The van der Waals surface area contributed by atoms with Crippen molar-refractivity contribution in [1.82, 2.24) is 4.98 Å². The van der Waals surface area contributed by atoms with Gasteiger partial charge in [0.25, 0.3) is 0 Å². The minimum absolute atomic E-state index is 1.04. The van der Waals surface area contributed by atoms with Crippen LogP contribution in [0.3, 0.4) is 0 Å². The highest BCUT2D eigenvalue weighted by Crippen LogP contribution is 2.30. The van der Waals surface area contributed by atoms with Crippen LogP contribution in [0.15, 0.2) is 15.3 Å². The van der Waals surface area contributed by atoms with E-state index in [1.54, 1.807) is 0 Å². The van der Waals surface area contributed by atoms with E-state index in [1.807, 2.05) is 6.20 Å². The average Bonchev–Trinajstić information content (AvgIpc) is 2.11. The van der Waals surface area contributed by atoms with Crippen molar-refractivity contribution in [1.29, 1.82) is 0 Å². The van der Waals surface area contributed by atoms with E-state index in [1.165, 1.54) is 54.1 Å². The molecule has 3 heteroatoms. The van der Waals surface area contributed by atoms with Gasteiger partial charge >= 0.3 is 0 Å². The Balaban J connectivity index is 2.42. The molecular weight excluding hydrogens is 306 g/mol. The second-order valence-electron chi connectivity index (χ2n) is 3.77. The molecule has 0 fully saturated rings. The highest BCUT2D eigenvalue weighted by Gasteiger charge is 2.13. The molecule has 0 amide bonds. The summed E-state index contributed by atoms with van der Waals surface area (Å²) in [4.78, 5) is 4.33. The predicted molar refractivity (Wildman–Crippen MR) is 65.5 cm³/mol.